The van der Waals surface area contributed by atoms with Gasteiger partial charge in [-0.15, -0.1) is 0 Å². The summed E-state index contributed by atoms with van der Waals surface area (Å²) in [5.41, 5.74) is 0. The van der Waals surface area contributed by atoms with E-state index in [1.165, 1.54) is 0 Å². The SMILES string of the molecule is O=C(O)CCCCS. The smallest absolute Gasteiger partial charge is 0.303 e. The van der Waals surface area contributed by atoms with Crippen LogP contribution in [-0.4, -0.2) is 16.8 Å². The Morgan fingerprint density at radius 2 is 2.12 bits per heavy atom. The lowest BCUT2D eigenvalue weighted by atomic mass is 10.3. The van der Waals surface area contributed by atoms with Gasteiger partial charge in [0.1, 0.15) is 0 Å². The Hall–Kier alpha value is -0.180. The first-order valence-electron chi connectivity index (χ1n) is 2.60. The van der Waals surface area contributed by atoms with Gasteiger partial charge in [-0.2, -0.15) is 12.6 Å². The summed E-state index contributed by atoms with van der Waals surface area (Å²) >= 11 is 3.93. The first-order valence-corrected chi connectivity index (χ1v) is 3.23. The molecular weight excluding hydrogens is 124 g/mol. The number of rotatable bonds is 4. The van der Waals surface area contributed by atoms with Gasteiger partial charge in [-0.3, -0.25) is 4.79 Å². The standard InChI is InChI=1S/C5H10O2S/c6-5(7)3-1-2-4-8/h8H,1-4H2,(H,6,7). The van der Waals surface area contributed by atoms with Crippen LogP contribution in [0.1, 0.15) is 19.3 Å². The Kier molecular flexibility index (Phi) is 4.85. The van der Waals surface area contributed by atoms with Gasteiger partial charge >= 0.3 is 5.97 Å². The summed E-state index contributed by atoms with van der Waals surface area (Å²) in [5.74, 6) is 0.0691. The molecule has 48 valence electrons. The highest BCUT2D eigenvalue weighted by atomic mass is 32.1. The monoisotopic (exact) mass is 134 g/mol. The lowest BCUT2D eigenvalue weighted by Crippen LogP contribution is -1.93. The van der Waals surface area contributed by atoms with Crippen LogP contribution in [0.5, 0.6) is 0 Å². The van der Waals surface area contributed by atoms with Gasteiger partial charge < -0.3 is 5.11 Å². The summed E-state index contributed by atoms with van der Waals surface area (Å²) in [4.78, 5) is 9.85. The molecule has 0 aliphatic carbocycles. The van der Waals surface area contributed by atoms with E-state index in [1.54, 1.807) is 0 Å². The van der Waals surface area contributed by atoms with E-state index in [0.717, 1.165) is 18.6 Å². The van der Waals surface area contributed by atoms with E-state index in [9.17, 15) is 4.79 Å². The highest BCUT2D eigenvalue weighted by Crippen LogP contribution is 1.95. The van der Waals surface area contributed by atoms with E-state index in [4.69, 9.17) is 5.11 Å². The molecule has 0 saturated heterocycles. The van der Waals surface area contributed by atoms with Crippen LogP contribution in [0.15, 0.2) is 0 Å². The zero-order valence-electron chi connectivity index (χ0n) is 4.63. The third-order valence-electron chi connectivity index (χ3n) is 0.799. The minimum Gasteiger partial charge on any atom is -0.481 e. The Morgan fingerprint density at radius 3 is 2.50 bits per heavy atom. The van der Waals surface area contributed by atoms with Crippen molar-refractivity contribution in [1.29, 1.82) is 0 Å². The number of carbonyl (C=O) groups is 1. The van der Waals surface area contributed by atoms with Crippen LogP contribution < -0.4 is 0 Å². The Labute approximate surface area is 54.3 Å². The first-order chi connectivity index (χ1) is 3.77. The molecule has 0 atom stereocenters. The molecule has 8 heavy (non-hydrogen) atoms. The van der Waals surface area contributed by atoms with Crippen molar-refractivity contribution in [1.82, 2.24) is 0 Å². The Bertz CT molecular complexity index is 72.8. The lowest BCUT2D eigenvalue weighted by molar-refractivity contribution is -0.137. The van der Waals surface area contributed by atoms with Crippen molar-refractivity contribution in [2.24, 2.45) is 0 Å². The van der Waals surface area contributed by atoms with Gasteiger partial charge in [-0.1, -0.05) is 0 Å². The second-order valence-corrected chi connectivity index (χ2v) is 2.02. The maximum absolute atomic E-state index is 9.85. The van der Waals surface area contributed by atoms with Crippen molar-refractivity contribution in [2.75, 3.05) is 5.75 Å². The minimum absolute atomic E-state index is 0.278. The number of hydrogen-bond acceptors (Lipinski definition) is 2. The van der Waals surface area contributed by atoms with Gasteiger partial charge in [0, 0.05) is 6.42 Å². The first kappa shape index (κ1) is 7.82. The topological polar surface area (TPSA) is 37.3 Å². The highest BCUT2D eigenvalue weighted by Gasteiger charge is 1.92. The van der Waals surface area contributed by atoms with Gasteiger partial charge in [0.2, 0.25) is 0 Å². The fourth-order valence-corrected chi connectivity index (χ4v) is 0.612. The molecule has 0 aliphatic rings. The molecule has 0 radical (unpaired) electrons. The number of carboxylic acids is 1. The summed E-state index contributed by atoms with van der Waals surface area (Å²) in [5, 5.41) is 8.12. The number of thiol groups is 1. The zero-order chi connectivity index (χ0) is 6.41. The molecule has 0 saturated carbocycles. The molecule has 0 amide bonds. The van der Waals surface area contributed by atoms with Crippen molar-refractivity contribution < 1.29 is 9.90 Å². The molecule has 0 bridgehead atoms. The largest absolute Gasteiger partial charge is 0.481 e. The molecule has 3 heteroatoms. The molecule has 0 aromatic heterocycles. The molecule has 0 fully saturated rings. The van der Waals surface area contributed by atoms with Crippen LogP contribution in [0.25, 0.3) is 0 Å². The summed E-state index contributed by atoms with van der Waals surface area (Å²) in [6, 6.07) is 0. The second kappa shape index (κ2) is 4.97. The Morgan fingerprint density at radius 1 is 1.50 bits per heavy atom. The van der Waals surface area contributed by atoms with Gasteiger partial charge in [-0.05, 0) is 18.6 Å². The third-order valence-corrected chi connectivity index (χ3v) is 1.11. The lowest BCUT2D eigenvalue weighted by Gasteiger charge is -1.89. The van der Waals surface area contributed by atoms with Crippen LogP contribution in [0, 0.1) is 0 Å². The average molecular weight is 134 g/mol. The summed E-state index contributed by atoms with van der Waals surface area (Å²) in [6.45, 7) is 0. The predicted molar refractivity (Wildman–Crippen MR) is 35.3 cm³/mol. The van der Waals surface area contributed by atoms with Crippen LogP contribution in [-0.2, 0) is 4.79 Å². The van der Waals surface area contributed by atoms with Crippen molar-refractivity contribution in [3.63, 3.8) is 0 Å². The molecule has 0 spiro atoms. The number of hydrogen-bond donors (Lipinski definition) is 2. The number of aliphatic carboxylic acids is 1. The zero-order valence-corrected chi connectivity index (χ0v) is 5.53. The van der Waals surface area contributed by atoms with E-state index in [0.29, 0.717) is 0 Å². The van der Waals surface area contributed by atoms with Gasteiger partial charge in [0.05, 0.1) is 0 Å². The summed E-state index contributed by atoms with van der Waals surface area (Å²) in [7, 11) is 0. The highest BCUT2D eigenvalue weighted by molar-refractivity contribution is 7.80. The number of carboxylic acid groups (broad SMARTS) is 1. The van der Waals surface area contributed by atoms with E-state index < -0.39 is 5.97 Å². The van der Waals surface area contributed by atoms with E-state index in [1.807, 2.05) is 0 Å². The number of unbranched alkanes of at least 4 members (excludes halogenated alkanes) is 1. The maximum Gasteiger partial charge on any atom is 0.303 e. The van der Waals surface area contributed by atoms with E-state index in [-0.39, 0.29) is 6.42 Å². The predicted octanol–water partition coefficient (Wildman–Crippen LogP) is 1.17. The van der Waals surface area contributed by atoms with Crippen molar-refractivity contribution in [3.8, 4) is 0 Å². The fraction of sp³-hybridized carbons (Fsp3) is 0.800. The third kappa shape index (κ3) is 5.82. The Balaban J connectivity index is 2.82. The van der Waals surface area contributed by atoms with Crippen LogP contribution >= 0.6 is 12.6 Å². The van der Waals surface area contributed by atoms with E-state index in [2.05, 4.69) is 12.6 Å². The van der Waals surface area contributed by atoms with Crippen molar-refractivity contribution >= 4 is 18.6 Å². The van der Waals surface area contributed by atoms with Gasteiger partial charge in [0.25, 0.3) is 0 Å². The van der Waals surface area contributed by atoms with Crippen LogP contribution in [0.2, 0.25) is 0 Å². The van der Waals surface area contributed by atoms with Crippen molar-refractivity contribution in [2.45, 2.75) is 19.3 Å². The van der Waals surface area contributed by atoms with Crippen LogP contribution in [0.3, 0.4) is 0 Å². The van der Waals surface area contributed by atoms with Gasteiger partial charge in [-0.25, -0.2) is 0 Å². The molecule has 2 nitrogen and oxygen atoms in total. The maximum atomic E-state index is 9.85. The molecule has 0 aromatic carbocycles. The molecular formula is C5H10O2S. The normalized spacial score (nSPS) is 9.12. The average Bonchev–Trinajstić information content (AvgIpc) is 1.66. The fourth-order valence-electron chi connectivity index (χ4n) is 0.388. The molecule has 0 heterocycles. The second-order valence-electron chi connectivity index (χ2n) is 1.57. The molecule has 0 aromatic rings. The van der Waals surface area contributed by atoms with E-state index >= 15 is 0 Å². The van der Waals surface area contributed by atoms with Crippen LogP contribution in [0.4, 0.5) is 0 Å². The quantitative estimate of drug-likeness (QED) is 0.447. The van der Waals surface area contributed by atoms with Gasteiger partial charge in [0.15, 0.2) is 0 Å². The molecule has 0 aliphatic heterocycles. The molecule has 1 N–H and O–H groups in total. The summed E-state index contributed by atoms with van der Waals surface area (Å²) < 4.78 is 0. The minimum atomic E-state index is -0.716. The molecule has 0 unspecified atom stereocenters. The summed E-state index contributed by atoms with van der Waals surface area (Å²) in [6.07, 6.45) is 1.93. The van der Waals surface area contributed by atoms with Crippen molar-refractivity contribution in [3.05, 3.63) is 0 Å². The molecule has 0 rings (SSSR count).